The highest BCUT2D eigenvalue weighted by molar-refractivity contribution is 7.90. The normalized spacial score (nSPS) is 24.5. The van der Waals surface area contributed by atoms with Gasteiger partial charge in [0, 0.05) is 18.7 Å². The average molecular weight is 366 g/mol. The second-order valence-corrected chi connectivity index (χ2v) is 8.16. The van der Waals surface area contributed by atoms with Gasteiger partial charge >= 0.3 is 5.97 Å². The molecule has 1 aromatic rings. The number of carbonyl (C=O) groups is 3. The van der Waals surface area contributed by atoms with Gasteiger partial charge in [-0.25, -0.2) is 17.5 Å². The summed E-state index contributed by atoms with van der Waals surface area (Å²) in [7, 11) is -3.97. The third kappa shape index (κ3) is 2.33. The molecule has 134 valence electrons. The minimum Gasteiger partial charge on any atom is -0.480 e. The third-order valence-corrected chi connectivity index (χ3v) is 6.79. The fraction of sp³-hybridized carbons (Fsp3) is 0.438. The van der Waals surface area contributed by atoms with E-state index in [2.05, 4.69) is 0 Å². The molecule has 1 aromatic carbocycles. The number of sulfonamides is 1. The van der Waals surface area contributed by atoms with Gasteiger partial charge in [0.05, 0.1) is 5.56 Å². The van der Waals surface area contributed by atoms with E-state index in [1.54, 1.807) is 6.92 Å². The van der Waals surface area contributed by atoms with Crippen LogP contribution in [0.25, 0.3) is 0 Å². The summed E-state index contributed by atoms with van der Waals surface area (Å²) in [5, 5.41) is 9.44. The predicted molar refractivity (Wildman–Crippen MR) is 86.6 cm³/mol. The van der Waals surface area contributed by atoms with E-state index in [1.165, 1.54) is 30.0 Å². The van der Waals surface area contributed by atoms with Gasteiger partial charge in [-0.2, -0.15) is 0 Å². The summed E-state index contributed by atoms with van der Waals surface area (Å²) < 4.78 is 25.6. The third-order valence-electron chi connectivity index (χ3n) is 4.89. The second kappa shape index (κ2) is 5.55. The molecule has 2 amide bonds. The largest absolute Gasteiger partial charge is 0.480 e. The van der Waals surface area contributed by atoms with Crippen molar-refractivity contribution >= 4 is 27.8 Å². The number of rotatable bonds is 3. The lowest BCUT2D eigenvalue weighted by molar-refractivity contribution is -0.147. The molecule has 0 bridgehead atoms. The molecule has 0 aromatic heterocycles. The summed E-state index contributed by atoms with van der Waals surface area (Å²) in [4.78, 5) is 37.5. The van der Waals surface area contributed by atoms with E-state index in [0.717, 1.165) is 4.31 Å². The molecule has 1 fully saturated rings. The Kier molecular flexibility index (Phi) is 3.86. The van der Waals surface area contributed by atoms with Crippen LogP contribution in [0.2, 0.25) is 0 Å². The molecule has 1 atom stereocenters. The highest BCUT2D eigenvalue weighted by Gasteiger charge is 2.47. The maximum Gasteiger partial charge on any atom is 0.329 e. The summed E-state index contributed by atoms with van der Waals surface area (Å²) in [6.07, 6.45) is 0.888. The quantitative estimate of drug-likeness (QED) is 0.852. The van der Waals surface area contributed by atoms with Gasteiger partial charge in [0.2, 0.25) is 0 Å². The molecular formula is C16H18N2O6S. The van der Waals surface area contributed by atoms with Gasteiger partial charge in [0.15, 0.2) is 0 Å². The average Bonchev–Trinajstić information content (AvgIpc) is 3.04. The van der Waals surface area contributed by atoms with Crippen molar-refractivity contribution in [2.75, 3.05) is 13.1 Å². The number of likely N-dealkylation sites (tertiary alicyclic amines) is 1. The molecule has 0 saturated carbocycles. The molecule has 2 aliphatic heterocycles. The van der Waals surface area contributed by atoms with Gasteiger partial charge in [0.25, 0.3) is 21.8 Å². The first-order valence-corrected chi connectivity index (χ1v) is 9.35. The Morgan fingerprint density at radius 2 is 2.00 bits per heavy atom. The number of carboxylic acids is 1. The molecule has 1 N–H and O–H groups in total. The fourth-order valence-corrected chi connectivity index (χ4v) is 4.99. The first-order valence-electron chi connectivity index (χ1n) is 7.91. The number of aliphatic carboxylic acids is 1. The van der Waals surface area contributed by atoms with Crippen LogP contribution in [0.5, 0.6) is 0 Å². The molecule has 3 rings (SSSR count). The second-order valence-electron chi connectivity index (χ2n) is 6.33. The van der Waals surface area contributed by atoms with E-state index in [-0.39, 0.29) is 29.1 Å². The van der Waals surface area contributed by atoms with Gasteiger partial charge in [0.1, 0.15) is 10.4 Å². The van der Waals surface area contributed by atoms with Gasteiger partial charge in [-0.15, -0.1) is 0 Å². The maximum absolute atomic E-state index is 12.8. The van der Waals surface area contributed by atoms with E-state index >= 15 is 0 Å². The van der Waals surface area contributed by atoms with E-state index < -0.39 is 33.3 Å². The van der Waals surface area contributed by atoms with Crippen LogP contribution >= 0.6 is 0 Å². The van der Waals surface area contributed by atoms with Crippen LogP contribution < -0.4 is 0 Å². The van der Waals surface area contributed by atoms with Crippen molar-refractivity contribution < 1.29 is 27.9 Å². The summed E-state index contributed by atoms with van der Waals surface area (Å²) >= 11 is 0. The highest BCUT2D eigenvalue weighted by atomic mass is 32.2. The Hall–Kier alpha value is -2.42. The van der Waals surface area contributed by atoms with Crippen LogP contribution in [-0.2, 0) is 14.8 Å². The van der Waals surface area contributed by atoms with E-state index in [4.69, 9.17) is 0 Å². The summed E-state index contributed by atoms with van der Waals surface area (Å²) in [5.74, 6) is -2.27. The van der Waals surface area contributed by atoms with Crippen molar-refractivity contribution in [3.8, 4) is 0 Å². The van der Waals surface area contributed by atoms with Crippen LogP contribution in [0, 0.1) is 0 Å². The van der Waals surface area contributed by atoms with Gasteiger partial charge in [-0.05, 0) is 44.9 Å². The highest BCUT2D eigenvalue weighted by Crippen LogP contribution is 2.34. The summed E-state index contributed by atoms with van der Waals surface area (Å²) in [5.41, 5.74) is -1.23. The van der Waals surface area contributed by atoms with Gasteiger partial charge in [-0.3, -0.25) is 9.59 Å². The zero-order valence-electron chi connectivity index (χ0n) is 13.9. The number of nitrogens with zero attached hydrogens (tertiary/aromatic N) is 2. The van der Waals surface area contributed by atoms with Crippen molar-refractivity contribution in [2.24, 2.45) is 0 Å². The molecule has 2 aliphatic rings. The molecule has 0 spiro atoms. The number of fused-ring (bicyclic) bond motifs is 1. The Morgan fingerprint density at radius 3 is 2.60 bits per heavy atom. The monoisotopic (exact) mass is 366 g/mol. The molecule has 9 heteroatoms. The van der Waals surface area contributed by atoms with Gasteiger partial charge < -0.3 is 10.0 Å². The number of amides is 2. The van der Waals surface area contributed by atoms with Crippen LogP contribution in [0.4, 0.5) is 0 Å². The lowest BCUT2D eigenvalue weighted by Gasteiger charge is -2.31. The molecule has 1 unspecified atom stereocenters. The van der Waals surface area contributed by atoms with Gasteiger partial charge in [-0.1, -0.05) is 0 Å². The fourth-order valence-electron chi connectivity index (χ4n) is 3.39. The number of carboxylic acid groups (broad SMARTS) is 1. The Labute approximate surface area is 145 Å². The molecule has 1 saturated heterocycles. The van der Waals surface area contributed by atoms with Crippen molar-refractivity contribution in [3.63, 3.8) is 0 Å². The predicted octanol–water partition coefficient (Wildman–Crippen LogP) is 0.930. The minimum atomic E-state index is -3.97. The first-order chi connectivity index (χ1) is 11.6. The minimum absolute atomic E-state index is 0.00232. The van der Waals surface area contributed by atoms with Crippen molar-refractivity contribution in [1.82, 2.24) is 9.21 Å². The zero-order chi connectivity index (χ0) is 18.6. The SMILES string of the molecule is CCN1C(=O)c2ccc(C(=O)N3CCCC3(C)C(=O)O)cc2S1(=O)=O. The first kappa shape index (κ1) is 17.4. The Balaban J connectivity index is 2.04. The molecule has 0 radical (unpaired) electrons. The van der Waals surface area contributed by atoms with E-state index in [0.29, 0.717) is 12.8 Å². The van der Waals surface area contributed by atoms with Crippen molar-refractivity contribution in [1.29, 1.82) is 0 Å². The Bertz CT molecular complexity index is 894. The number of benzene rings is 1. The lowest BCUT2D eigenvalue weighted by atomic mass is 9.98. The molecule has 25 heavy (non-hydrogen) atoms. The topological polar surface area (TPSA) is 112 Å². The van der Waals surface area contributed by atoms with Crippen LogP contribution in [0.15, 0.2) is 23.1 Å². The van der Waals surface area contributed by atoms with E-state index in [1.807, 2.05) is 0 Å². The molecular weight excluding hydrogens is 348 g/mol. The van der Waals surface area contributed by atoms with Crippen LogP contribution in [0.1, 0.15) is 47.4 Å². The molecule has 8 nitrogen and oxygen atoms in total. The summed E-state index contributed by atoms with van der Waals surface area (Å²) in [6.45, 7) is 3.32. The standard InChI is InChI=1S/C16H18N2O6S/c1-3-18-14(20)11-6-5-10(9-12(11)25(18,23)24)13(19)17-8-4-7-16(17,2)15(21)22/h5-6,9H,3-4,7-8H2,1-2H3,(H,21,22). The molecule has 0 aliphatic carbocycles. The number of hydrogen-bond acceptors (Lipinski definition) is 5. The van der Waals surface area contributed by atoms with E-state index in [9.17, 15) is 27.9 Å². The zero-order valence-corrected chi connectivity index (χ0v) is 14.7. The summed E-state index contributed by atoms with van der Waals surface area (Å²) in [6, 6.07) is 3.85. The van der Waals surface area contributed by atoms with Crippen LogP contribution in [-0.4, -0.2) is 59.1 Å². The maximum atomic E-state index is 12.8. The smallest absolute Gasteiger partial charge is 0.329 e. The molecule has 2 heterocycles. The Morgan fingerprint density at radius 1 is 1.32 bits per heavy atom. The number of hydrogen-bond donors (Lipinski definition) is 1. The van der Waals surface area contributed by atoms with Crippen LogP contribution in [0.3, 0.4) is 0 Å². The number of carbonyl (C=O) groups excluding carboxylic acids is 2. The lowest BCUT2D eigenvalue weighted by Crippen LogP contribution is -2.50. The van der Waals surface area contributed by atoms with Crippen molar-refractivity contribution in [2.45, 2.75) is 37.1 Å². The van der Waals surface area contributed by atoms with Crippen molar-refractivity contribution in [3.05, 3.63) is 29.3 Å².